The summed E-state index contributed by atoms with van der Waals surface area (Å²) in [4.78, 5) is 0. The molecule has 0 heterocycles. The maximum absolute atomic E-state index is 11.2. The molecule has 0 saturated heterocycles. The smallest absolute Gasteiger partial charge is 0.188 e. The monoisotopic (exact) mass is 118 g/mol. The van der Waals surface area contributed by atoms with Crippen molar-refractivity contribution in [2.24, 2.45) is 0 Å². The molecule has 48 valence electrons. The largest absolute Gasteiger partial charge is 0.346 e. The Morgan fingerprint density at radius 1 is 1.62 bits per heavy atom. The van der Waals surface area contributed by atoms with Gasteiger partial charge in [-0.25, -0.2) is 4.39 Å². The van der Waals surface area contributed by atoms with Crippen molar-refractivity contribution < 1.29 is 9.13 Å². The molecule has 0 bridgehead atoms. The van der Waals surface area contributed by atoms with Crippen molar-refractivity contribution in [3.63, 3.8) is 0 Å². The fourth-order valence-electron chi connectivity index (χ4n) is 0.270. The molecule has 0 aliphatic heterocycles. The fourth-order valence-corrected chi connectivity index (χ4v) is 0.270. The summed E-state index contributed by atoms with van der Waals surface area (Å²) < 4.78 is 15.6. The lowest BCUT2D eigenvalue weighted by molar-refractivity contribution is 0.0775. The van der Waals surface area contributed by atoms with Crippen LogP contribution >= 0.6 is 0 Å². The second-order valence-electron chi connectivity index (χ2n) is 1.76. The van der Waals surface area contributed by atoms with Gasteiger partial charge in [-0.3, -0.25) is 0 Å². The lowest BCUT2D eigenvalue weighted by Crippen LogP contribution is -1.87. The number of ether oxygens (including phenoxy) is 1. The van der Waals surface area contributed by atoms with Crippen LogP contribution in [0.4, 0.5) is 4.39 Å². The molecule has 0 aromatic rings. The summed E-state index contributed by atoms with van der Waals surface area (Å²) in [6.07, 6.45) is 1.83. The van der Waals surface area contributed by atoms with Gasteiger partial charge in [-0.2, -0.15) is 0 Å². The SMILES string of the molecule is CC(C)=CCOCF. The van der Waals surface area contributed by atoms with E-state index in [9.17, 15) is 4.39 Å². The Morgan fingerprint density at radius 2 is 2.25 bits per heavy atom. The highest BCUT2D eigenvalue weighted by Gasteiger charge is 1.77. The molecule has 0 aromatic carbocycles. The van der Waals surface area contributed by atoms with E-state index in [1.807, 2.05) is 19.9 Å². The number of allylic oxidation sites excluding steroid dienone is 1. The van der Waals surface area contributed by atoms with E-state index in [4.69, 9.17) is 0 Å². The number of rotatable bonds is 3. The van der Waals surface area contributed by atoms with Crippen molar-refractivity contribution in [2.45, 2.75) is 13.8 Å². The van der Waals surface area contributed by atoms with E-state index in [0.29, 0.717) is 6.61 Å². The second-order valence-corrected chi connectivity index (χ2v) is 1.76. The molecule has 0 unspecified atom stereocenters. The van der Waals surface area contributed by atoms with Gasteiger partial charge in [0, 0.05) is 0 Å². The number of hydrogen-bond acceptors (Lipinski definition) is 1. The van der Waals surface area contributed by atoms with Gasteiger partial charge in [0.15, 0.2) is 6.86 Å². The minimum absolute atomic E-state index is 0.388. The van der Waals surface area contributed by atoms with E-state index in [1.165, 1.54) is 0 Å². The van der Waals surface area contributed by atoms with Crippen LogP contribution in [0, 0.1) is 0 Å². The van der Waals surface area contributed by atoms with E-state index >= 15 is 0 Å². The van der Waals surface area contributed by atoms with E-state index in [1.54, 1.807) is 0 Å². The topological polar surface area (TPSA) is 9.23 Å². The van der Waals surface area contributed by atoms with Crippen LogP contribution in [0.25, 0.3) is 0 Å². The summed E-state index contributed by atoms with van der Waals surface area (Å²) in [6, 6.07) is 0. The third kappa shape index (κ3) is 5.63. The summed E-state index contributed by atoms with van der Waals surface area (Å²) >= 11 is 0. The zero-order valence-electron chi connectivity index (χ0n) is 5.28. The fraction of sp³-hybridized carbons (Fsp3) is 0.667. The standard InChI is InChI=1S/C6H11FO/c1-6(2)3-4-8-5-7/h3H,4-5H2,1-2H3. The molecule has 0 N–H and O–H groups in total. The van der Waals surface area contributed by atoms with Crippen molar-refractivity contribution >= 4 is 0 Å². The number of hydrogen-bond donors (Lipinski definition) is 0. The molecule has 1 nitrogen and oxygen atoms in total. The van der Waals surface area contributed by atoms with E-state index < -0.39 is 6.86 Å². The quantitative estimate of drug-likeness (QED) is 0.406. The van der Waals surface area contributed by atoms with Crippen molar-refractivity contribution in [3.05, 3.63) is 11.6 Å². The van der Waals surface area contributed by atoms with Gasteiger partial charge in [0.1, 0.15) is 0 Å². The van der Waals surface area contributed by atoms with E-state index in [0.717, 1.165) is 5.57 Å². The third-order valence-corrected chi connectivity index (χ3v) is 0.687. The maximum atomic E-state index is 11.2. The van der Waals surface area contributed by atoms with Gasteiger partial charge in [0.2, 0.25) is 0 Å². The van der Waals surface area contributed by atoms with Gasteiger partial charge in [0.25, 0.3) is 0 Å². The first-order valence-corrected chi connectivity index (χ1v) is 2.54. The highest BCUT2D eigenvalue weighted by molar-refractivity contribution is 4.92. The van der Waals surface area contributed by atoms with E-state index in [2.05, 4.69) is 4.74 Å². The minimum Gasteiger partial charge on any atom is -0.346 e. The Morgan fingerprint density at radius 3 is 2.62 bits per heavy atom. The molecule has 8 heavy (non-hydrogen) atoms. The normalized spacial score (nSPS) is 8.88. The lowest BCUT2D eigenvalue weighted by Gasteiger charge is -1.90. The molecule has 0 spiro atoms. The summed E-state index contributed by atoms with van der Waals surface area (Å²) in [7, 11) is 0. The zero-order chi connectivity index (χ0) is 6.41. The van der Waals surface area contributed by atoms with Crippen LogP contribution in [0.15, 0.2) is 11.6 Å². The maximum Gasteiger partial charge on any atom is 0.188 e. The molecular formula is C6H11FO. The lowest BCUT2D eigenvalue weighted by atomic mass is 10.3. The molecule has 0 aromatic heterocycles. The van der Waals surface area contributed by atoms with Crippen molar-refractivity contribution in [1.82, 2.24) is 0 Å². The predicted molar refractivity (Wildman–Crippen MR) is 31.4 cm³/mol. The first-order chi connectivity index (χ1) is 3.77. The Kier molecular flexibility index (Phi) is 4.56. The van der Waals surface area contributed by atoms with Gasteiger partial charge < -0.3 is 4.74 Å². The number of halogens is 1. The summed E-state index contributed by atoms with van der Waals surface area (Å²) in [6.45, 7) is 3.59. The highest BCUT2D eigenvalue weighted by atomic mass is 19.1. The molecule has 0 aliphatic carbocycles. The Bertz CT molecular complexity index is 74.6. The van der Waals surface area contributed by atoms with Gasteiger partial charge in [-0.1, -0.05) is 11.6 Å². The molecule has 2 heteroatoms. The second kappa shape index (κ2) is 4.78. The molecule has 0 atom stereocenters. The Hall–Kier alpha value is -0.370. The van der Waals surface area contributed by atoms with Crippen LogP contribution in [-0.2, 0) is 4.74 Å². The molecule has 0 saturated carbocycles. The predicted octanol–water partition coefficient (Wildman–Crippen LogP) is 1.90. The van der Waals surface area contributed by atoms with E-state index in [-0.39, 0.29) is 0 Å². The summed E-state index contributed by atoms with van der Waals surface area (Å²) in [5.74, 6) is 0. The van der Waals surface area contributed by atoms with Crippen LogP contribution in [0.2, 0.25) is 0 Å². The minimum atomic E-state index is -0.691. The average molecular weight is 118 g/mol. The van der Waals surface area contributed by atoms with Crippen LogP contribution in [-0.4, -0.2) is 13.5 Å². The zero-order valence-corrected chi connectivity index (χ0v) is 5.28. The van der Waals surface area contributed by atoms with Crippen LogP contribution in [0.3, 0.4) is 0 Å². The Labute approximate surface area is 49.2 Å². The van der Waals surface area contributed by atoms with Gasteiger partial charge in [-0.15, -0.1) is 0 Å². The molecule has 0 rings (SSSR count). The molecule has 0 aliphatic rings. The van der Waals surface area contributed by atoms with Gasteiger partial charge in [0.05, 0.1) is 6.61 Å². The van der Waals surface area contributed by atoms with Crippen molar-refractivity contribution in [1.29, 1.82) is 0 Å². The van der Waals surface area contributed by atoms with Crippen LogP contribution < -0.4 is 0 Å². The summed E-state index contributed by atoms with van der Waals surface area (Å²) in [5.41, 5.74) is 1.15. The third-order valence-electron chi connectivity index (χ3n) is 0.687. The van der Waals surface area contributed by atoms with Gasteiger partial charge >= 0.3 is 0 Å². The number of alkyl halides is 1. The average Bonchev–Trinajstić information content (AvgIpc) is 1.66. The van der Waals surface area contributed by atoms with Crippen LogP contribution in [0.5, 0.6) is 0 Å². The van der Waals surface area contributed by atoms with Crippen molar-refractivity contribution in [3.8, 4) is 0 Å². The highest BCUT2D eigenvalue weighted by Crippen LogP contribution is 1.87. The molecular weight excluding hydrogens is 107 g/mol. The van der Waals surface area contributed by atoms with Gasteiger partial charge in [-0.05, 0) is 13.8 Å². The van der Waals surface area contributed by atoms with Crippen LogP contribution in [0.1, 0.15) is 13.8 Å². The first-order valence-electron chi connectivity index (χ1n) is 2.54. The first kappa shape index (κ1) is 7.63. The molecule has 0 fully saturated rings. The molecule has 0 radical (unpaired) electrons. The summed E-state index contributed by atoms with van der Waals surface area (Å²) in [5, 5.41) is 0. The van der Waals surface area contributed by atoms with Crippen molar-refractivity contribution in [2.75, 3.05) is 13.5 Å². The Balaban J connectivity index is 3.03. The molecule has 0 amide bonds.